The van der Waals surface area contributed by atoms with Crippen molar-refractivity contribution in [3.05, 3.63) is 71.8 Å². The first-order chi connectivity index (χ1) is 59.2. The molecule has 0 unspecified atom stereocenters. The lowest BCUT2D eigenvalue weighted by Crippen LogP contribution is -2.61. The number of nitrogens with one attached hydrogen (secondary N) is 13. The molecule has 0 saturated heterocycles. The molecule has 24 N–H and O–H groups in total. The molecule has 2 rings (SSSR count). The van der Waals surface area contributed by atoms with Crippen LogP contribution in [0, 0.1) is 11.8 Å². The molecular weight excluding hydrogens is 1660 g/mol. The minimum absolute atomic E-state index is 0.0589. The minimum atomic E-state index is -2.04. The molecule has 0 aromatic heterocycles. The first-order valence-electron chi connectivity index (χ1n) is 39.6. The van der Waals surface area contributed by atoms with Crippen molar-refractivity contribution >= 4 is 119 Å². The van der Waals surface area contributed by atoms with Gasteiger partial charge in [-0.2, -0.15) is 0 Å². The largest absolute Gasteiger partial charge is 0.481 e. The summed E-state index contributed by atoms with van der Waals surface area (Å²) >= 11 is 0. The fourth-order valence-corrected chi connectivity index (χ4v) is 11.2. The smallest absolute Gasteiger partial charge is 0.329 e. The van der Waals surface area contributed by atoms with Gasteiger partial charge in [0, 0.05) is 32.5 Å². The standard InChI is InChI=1S/C77H115N15O33/c1-43(2)31-48(85-67(109)47(79)17-11-12-18-78)76(118)92-66(44(3)4)77(119)91-50(33-46-15-9-6-10-16-46)72(114)86-49(32-45-13-7-5-8-14-45)71(113)90-56(39-64(105)106)75(117)89-53(36-61(99)100)70(112)82-20-23-121-26-29-124-41-58(94)83-54(37-62(101)102)73(115)87-51(34-59(95)96)68(110)80-19-22-120-25-28-123-40-57(93)84-55(38-63(103)104)74(116)88-52(35-60(97)98)69(111)81-21-24-122-27-30-125-42-65(107)108/h5-10,13-16,43-44,47-56,66H,11-12,17-42,78-79H2,1-4H3,(H,80,110)(H,81,111)(H,82,112)(H,83,94)(H,84,93)(H,85,109)(H,86,114)(H,87,115)(H,88,116)(H,89,117)(H,90,113)(H,91,119)(H,92,118)(H,95,96)(H,97,98)(H,99,100)(H,101,102)(H,103,104)(H,105,106)(H,107,108)/t47-,48-,49-,50-,51-,52-,53-,54-,55-,56-,66-/m0/s1. The monoisotopic (exact) mass is 1780 g/mol. The second-order valence-corrected chi connectivity index (χ2v) is 28.6. The number of unbranched alkanes of at least 4 members (excludes halogenated alkanes) is 1. The highest BCUT2D eigenvalue weighted by Gasteiger charge is 2.38. The molecule has 2 aromatic rings. The Labute approximate surface area is 717 Å². The van der Waals surface area contributed by atoms with Gasteiger partial charge in [0.05, 0.1) is 104 Å². The molecule has 2 aromatic carbocycles. The molecule has 125 heavy (non-hydrogen) atoms. The van der Waals surface area contributed by atoms with E-state index in [4.69, 9.17) is 45.0 Å². The third-order valence-electron chi connectivity index (χ3n) is 17.3. The molecule has 0 bridgehead atoms. The summed E-state index contributed by atoms with van der Waals surface area (Å²) in [5.41, 5.74) is 12.7. The maximum Gasteiger partial charge on any atom is 0.329 e. The van der Waals surface area contributed by atoms with Crippen molar-refractivity contribution in [2.45, 2.75) is 171 Å². The summed E-state index contributed by atoms with van der Waals surface area (Å²) in [5.74, 6) is -25.1. The second-order valence-electron chi connectivity index (χ2n) is 28.6. The molecule has 0 aliphatic carbocycles. The molecule has 0 radical (unpaired) electrons. The highest BCUT2D eigenvalue weighted by atomic mass is 16.5. The topological polar surface area (TPSA) is 747 Å². The van der Waals surface area contributed by atoms with E-state index in [1.807, 2.05) is 13.8 Å². The van der Waals surface area contributed by atoms with Crippen LogP contribution in [0.4, 0.5) is 0 Å². The van der Waals surface area contributed by atoms with Crippen LogP contribution < -0.4 is 80.6 Å². The van der Waals surface area contributed by atoms with Crippen LogP contribution >= 0.6 is 0 Å². The average molecular weight is 1780 g/mol. The summed E-state index contributed by atoms with van der Waals surface area (Å²) < 4.78 is 31.0. The quantitative estimate of drug-likeness (QED) is 0.0274. The first-order valence-corrected chi connectivity index (χ1v) is 39.6. The zero-order valence-electron chi connectivity index (χ0n) is 69.5. The number of carboxylic acid groups (broad SMARTS) is 7. The van der Waals surface area contributed by atoms with Crippen molar-refractivity contribution in [1.29, 1.82) is 0 Å². The number of ether oxygens (including phenoxy) is 6. The van der Waals surface area contributed by atoms with Gasteiger partial charge in [0.2, 0.25) is 76.8 Å². The number of carbonyl (C=O) groups is 20. The fraction of sp³-hybridized carbons (Fsp3) is 0.584. The first kappa shape index (κ1) is 109. The van der Waals surface area contributed by atoms with Crippen LogP contribution in [0.25, 0.3) is 0 Å². The molecule has 13 amide bonds. The molecule has 0 heterocycles. The molecule has 48 heteroatoms. The van der Waals surface area contributed by atoms with Gasteiger partial charge in [0.1, 0.15) is 80.2 Å². The Bertz CT molecular complexity index is 3880. The molecule has 48 nitrogen and oxygen atoms in total. The van der Waals surface area contributed by atoms with Gasteiger partial charge in [0.15, 0.2) is 0 Å². The van der Waals surface area contributed by atoms with Crippen LogP contribution in [0.15, 0.2) is 60.7 Å². The lowest BCUT2D eigenvalue weighted by atomic mass is 9.98. The van der Waals surface area contributed by atoms with Gasteiger partial charge in [-0.05, 0) is 48.8 Å². The summed E-state index contributed by atoms with van der Waals surface area (Å²) in [6.07, 6.45) is -5.19. The summed E-state index contributed by atoms with van der Waals surface area (Å²) in [6, 6.07) is -1.42. The lowest BCUT2D eigenvalue weighted by Gasteiger charge is -2.29. The molecule has 696 valence electrons. The molecule has 11 atom stereocenters. The van der Waals surface area contributed by atoms with Crippen LogP contribution in [-0.4, -0.2) is 326 Å². The summed E-state index contributed by atoms with van der Waals surface area (Å²) in [7, 11) is 0. The third-order valence-corrected chi connectivity index (χ3v) is 17.3. The van der Waals surface area contributed by atoms with Crippen molar-refractivity contribution in [3.63, 3.8) is 0 Å². The minimum Gasteiger partial charge on any atom is -0.481 e. The van der Waals surface area contributed by atoms with E-state index in [2.05, 4.69) is 69.1 Å². The zero-order valence-corrected chi connectivity index (χ0v) is 69.5. The fourth-order valence-electron chi connectivity index (χ4n) is 11.2. The van der Waals surface area contributed by atoms with E-state index in [0.717, 1.165) is 0 Å². The van der Waals surface area contributed by atoms with Crippen molar-refractivity contribution in [1.82, 2.24) is 69.1 Å². The Balaban J connectivity index is 2.04. The molecule has 0 aliphatic heterocycles. The molecule has 0 spiro atoms. The van der Waals surface area contributed by atoms with Gasteiger partial charge < -0.3 is 145 Å². The van der Waals surface area contributed by atoms with E-state index < -0.39 is 249 Å². The molecule has 0 saturated carbocycles. The Kier molecular flexibility index (Phi) is 52.9. The van der Waals surface area contributed by atoms with Crippen LogP contribution in [0.5, 0.6) is 0 Å². The lowest BCUT2D eigenvalue weighted by molar-refractivity contribution is -0.143. The van der Waals surface area contributed by atoms with Crippen molar-refractivity contribution in [2.24, 2.45) is 23.3 Å². The van der Waals surface area contributed by atoms with Crippen molar-refractivity contribution in [3.8, 4) is 0 Å². The average Bonchev–Trinajstić information content (AvgIpc) is 0.838. The maximum absolute atomic E-state index is 14.7. The van der Waals surface area contributed by atoms with E-state index in [-0.39, 0.29) is 104 Å². The SMILES string of the molecule is CC(C)C[C@H](NC(=O)[C@@H](N)CCCCN)C(=O)N[C@H](C(=O)N[C@@H](Cc1ccccc1)C(=O)N[C@@H](Cc1ccccc1)C(=O)N[C@@H](CC(=O)O)C(=O)N[C@@H](CC(=O)O)C(=O)NCCOCCOCC(=O)N[C@@H](CC(=O)O)C(=O)N[C@@H](CC(=O)O)C(=O)NCCOCCOCC(=O)N[C@@H](CC(=O)O)C(=O)N[C@@H](CC(=O)O)C(=O)NCCOCCOCC(=O)O)C(C)C. The number of nitrogens with two attached hydrogens (primary N) is 2. The number of amides is 13. The van der Waals surface area contributed by atoms with E-state index in [1.54, 1.807) is 74.5 Å². The zero-order chi connectivity index (χ0) is 93.5. The van der Waals surface area contributed by atoms with Gasteiger partial charge in [-0.1, -0.05) is 94.8 Å². The predicted octanol–water partition coefficient (Wildman–Crippen LogP) is -7.14. The molecule has 0 fully saturated rings. The number of hydrogen-bond acceptors (Lipinski definition) is 28. The Morgan fingerprint density at radius 1 is 0.312 bits per heavy atom. The maximum atomic E-state index is 14.7. The Morgan fingerprint density at radius 2 is 0.600 bits per heavy atom. The van der Waals surface area contributed by atoms with Crippen LogP contribution in [0.2, 0.25) is 0 Å². The summed E-state index contributed by atoms with van der Waals surface area (Å²) in [6.45, 7) is 1.95. The molecule has 0 aliphatic rings. The second kappa shape index (κ2) is 60.9. The van der Waals surface area contributed by atoms with Crippen LogP contribution in [-0.2, 0) is 137 Å². The van der Waals surface area contributed by atoms with E-state index >= 15 is 0 Å². The normalized spacial score (nSPS) is 13.7. The van der Waals surface area contributed by atoms with Gasteiger partial charge in [-0.15, -0.1) is 0 Å². The summed E-state index contributed by atoms with van der Waals surface area (Å²) in [5, 5.41) is 96.4. The number of carbonyl (C=O) groups excluding carboxylic acids is 13. The number of hydrogen-bond donors (Lipinski definition) is 22. The van der Waals surface area contributed by atoms with Gasteiger partial charge in [-0.3, -0.25) is 91.1 Å². The van der Waals surface area contributed by atoms with Gasteiger partial charge >= 0.3 is 41.8 Å². The Hall–Kier alpha value is -12.5. The number of rotatable bonds is 68. The third kappa shape index (κ3) is 48.8. The molecular formula is C77H115N15O33. The van der Waals surface area contributed by atoms with Crippen LogP contribution in [0.1, 0.15) is 103 Å². The van der Waals surface area contributed by atoms with E-state index in [1.165, 1.54) is 0 Å². The highest BCUT2D eigenvalue weighted by Crippen LogP contribution is 2.14. The predicted molar refractivity (Wildman–Crippen MR) is 430 cm³/mol. The van der Waals surface area contributed by atoms with E-state index in [0.29, 0.717) is 36.9 Å². The van der Waals surface area contributed by atoms with Crippen LogP contribution in [0.3, 0.4) is 0 Å². The highest BCUT2D eigenvalue weighted by molar-refractivity contribution is 6.00. The summed E-state index contributed by atoms with van der Waals surface area (Å²) in [4.78, 5) is 257. The number of carboxylic acids is 7. The van der Waals surface area contributed by atoms with Gasteiger partial charge in [-0.25, -0.2) is 4.79 Å². The van der Waals surface area contributed by atoms with Crippen molar-refractivity contribution < 1.29 is 160 Å². The van der Waals surface area contributed by atoms with Crippen molar-refractivity contribution in [2.75, 3.05) is 105 Å². The number of benzene rings is 2. The van der Waals surface area contributed by atoms with Gasteiger partial charge in [0.25, 0.3) is 0 Å². The van der Waals surface area contributed by atoms with E-state index in [9.17, 15) is 127 Å². The number of aliphatic carboxylic acids is 7. The Morgan fingerprint density at radius 3 is 0.920 bits per heavy atom.